The maximum atomic E-state index is 5.74. The van der Waals surface area contributed by atoms with Crippen molar-refractivity contribution in [3.8, 4) is 0 Å². The van der Waals surface area contributed by atoms with Crippen LogP contribution in [0.5, 0.6) is 0 Å². The summed E-state index contributed by atoms with van der Waals surface area (Å²) in [4.78, 5) is 11.1. The smallest absolute Gasteiger partial charge is 0.159 e. The van der Waals surface area contributed by atoms with Crippen molar-refractivity contribution in [2.75, 3.05) is 18.8 Å². The molecule has 6 heteroatoms. The van der Waals surface area contributed by atoms with Crippen molar-refractivity contribution in [2.45, 2.75) is 32.9 Å². The lowest BCUT2D eigenvalue weighted by molar-refractivity contribution is 0.348. The van der Waals surface area contributed by atoms with E-state index in [0.29, 0.717) is 0 Å². The first kappa shape index (κ1) is 15.2. The van der Waals surface area contributed by atoms with Gasteiger partial charge < -0.3 is 13.9 Å². The Morgan fingerprint density at radius 2 is 2.36 bits per heavy atom. The third-order valence-electron chi connectivity index (χ3n) is 3.60. The molecule has 22 heavy (non-hydrogen) atoms. The zero-order chi connectivity index (χ0) is 15.2. The minimum absolute atomic E-state index is 0.795. The van der Waals surface area contributed by atoms with Gasteiger partial charge in [0.25, 0.3) is 0 Å². The summed E-state index contributed by atoms with van der Waals surface area (Å²) in [5.74, 6) is 3.13. The molecule has 0 bridgehead atoms. The van der Waals surface area contributed by atoms with Crippen LogP contribution < -0.4 is 0 Å². The molecule has 0 aromatic carbocycles. The Labute approximate surface area is 135 Å². The van der Waals surface area contributed by atoms with E-state index in [9.17, 15) is 0 Å². The van der Waals surface area contributed by atoms with Crippen LogP contribution in [0.1, 0.15) is 24.4 Å². The summed E-state index contributed by atoms with van der Waals surface area (Å²) >= 11 is 1.86. The van der Waals surface area contributed by atoms with E-state index in [1.807, 2.05) is 43.5 Å². The van der Waals surface area contributed by atoms with Crippen LogP contribution in [-0.2, 0) is 13.1 Å². The van der Waals surface area contributed by atoms with Crippen molar-refractivity contribution in [1.29, 1.82) is 0 Å². The van der Waals surface area contributed by atoms with Gasteiger partial charge in [-0.2, -0.15) is 0 Å². The van der Waals surface area contributed by atoms with Crippen LogP contribution in [0.2, 0.25) is 0 Å². The van der Waals surface area contributed by atoms with Crippen molar-refractivity contribution in [1.82, 2.24) is 14.5 Å². The molecule has 0 spiro atoms. The molecule has 2 aromatic heterocycles. The summed E-state index contributed by atoms with van der Waals surface area (Å²) in [7, 11) is 0. The summed E-state index contributed by atoms with van der Waals surface area (Å²) < 4.78 is 7.85. The van der Waals surface area contributed by atoms with E-state index in [-0.39, 0.29) is 0 Å². The Morgan fingerprint density at radius 3 is 3.05 bits per heavy atom. The van der Waals surface area contributed by atoms with Gasteiger partial charge in [-0.25, -0.2) is 4.98 Å². The number of furan rings is 1. The lowest BCUT2D eigenvalue weighted by Gasteiger charge is -2.26. The number of rotatable bonds is 6. The van der Waals surface area contributed by atoms with Gasteiger partial charge in [0.15, 0.2) is 5.17 Å². The van der Waals surface area contributed by atoms with Crippen LogP contribution in [0, 0.1) is 6.92 Å². The highest BCUT2D eigenvalue weighted by Crippen LogP contribution is 2.19. The first-order valence-corrected chi connectivity index (χ1v) is 8.73. The number of aliphatic imine (C=N–C) groups is 1. The van der Waals surface area contributed by atoms with Crippen molar-refractivity contribution >= 4 is 16.9 Å². The van der Waals surface area contributed by atoms with Gasteiger partial charge in [-0.15, -0.1) is 0 Å². The molecule has 118 valence electrons. The highest BCUT2D eigenvalue weighted by atomic mass is 32.2. The molecule has 0 fully saturated rings. The highest BCUT2D eigenvalue weighted by Gasteiger charge is 2.16. The molecule has 0 radical (unpaired) electrons. The van der Waals surface area contributed by atoms with E-state index in [2.05, 4.69) is 20.5 Å². The average Bonchev–Trinajstić information content (AvgIpc) is 3.19. The number of thioether (sulfide) groups is 1. The second-order valence-electron chi connectivity index (χ2n) is 5.45. The summed E-state index contributed by atoms with van der Waals surface area (Å²) in [6.45, 7) is 5.68. The van der Waals surface area contributed by atoms with E-state index < -0.39 is 0 Å². The van der Waals surface area contributed by atoms with Gasteiger partial charge in [0, 0.05) is 37.8 Å². The van der Waals surface area contributed by atoms with E-state index in [0.717, 1.165) is 55.0 Å². The number of nitrogens with zero attached hydrogens (tertiary/aromatic N) is 4. The third-order valence-corrected chi connectivity index (χ3v) is 4.74. The molecule has 1 aliphatic rings. The predicted molar refractivity (Wildman–Crippen MR) is 90.1 cm³/mol. The highest BCUT2D eigenvalue weighted by molar-refractivity contribution is 8.13. The van der Waals surface area contributed by atoms with Crippen LogP contribution >= 0.6 is 11.8 Å². The number of imidazole rings is 1. The first-order chi connectivity index (χ1) is 10.8. The predicted octanol–water partition coefficient (Wildman–Crippen LogP) is 3.17. The molecular weight excluding hydrogens is 296 g/mol. The summed E-state index contributed by atoms with van der Waals surface area (Å²) in [5.41, 5.74) is 0. The molecule has 5 nitrogen and oxygen atoms in total. The minimum Gasteiger partial charge on any atom is -0.464 e. The number of hydrogen-bond acceptors (Lipinski definition) is 5. The van der Waals surface area contributed by atoms with Crippen molar-refractivity contribution in [2.24, 2.45) is 4.99 Å². The second-order valence-corrected chi connectivity index (χ2v) is 6.52. The summed E-state index contributed by atoms with van der Waals surface area (Å²) in [6, 6.07) is 4.08. The standard InChI is InChI=1S/C16H22N4OS/c1-14-4-5-15(21-14)12-20(16-18-6-2-11-22-16)9-3-8-19-10-7-17-13-19/h4-5,7,10,13H,2-3,6,8-9,11-12H2,1H3. The molecule has 0 saturated heterocycles. The Balaban J connectivity index is 1.61. The zero-order valence-electron chi connectivity index (χ0n) is 12.9. The van der Waals surface area contributed by atoms with E-state index in [4.69, 9.17) is 9.41 Å². The van der Waals surface area contributed by atoms with Crippen LogP contribution in [0.3, 0.4) is 0 Å². The van der Waals surface area contributed by atoms with E-state index >= 15 is 0 Å². The normalized spacial score (nSPS) is 14.9. The van der Waals surface area contributed by atoms with E-state index in [1.54, 1.807) is 0 Å². The fraction of sp³-hybridized carbons (Fsp3) is 0.500. The largest absolute Gasteiger partial charge is 0.464 e. The Kier molecular flexibility index (Phi) is 5.21. The van der Waals surface area contributed by atoms with Gasteiger partial charge in [0.2, 0.25) is 0 Å². The van der Waals surface area contributed by atoms with Crippen LogP contribution in [0.4, 0.5) is 0 Å². The molecule has 2 aromatic rings. The van der Waals surface area contributed by atoms with Crippen LogP contribution in [0.25, 0.3) is 0 Å². The van der Waals surface area contributed by atoms with Gasteiger partial charge >= 0.3 is 0 Å². The molecule has 1 aliphatic heterocycles. The molecular formula is C16H22N4OS. The Bertz CT molecular complexity index is 605. The molecule has 0 unspecified atom stereocenters. The molecule has 0 atom stereocenters. The molecule has 0 saturated carbocycles. The molecule has 0 amide bonds. The Morgan fingerprint density at radius 1 is 1.41 bits per heavy atom. The molecule has 0 aliphatic carbocycles. The molecule has 0 N–H and O–H groups in total. The fourth-order valence-electron chi connectivity index (χ4n) is 2.50. The van der Waals surface area contributed by atoms with E-state index in [1.165, 1.54) is 6.42 Å². The maximum absolute atomic E-state index is 5.74. The average molecular weight is 318 g/mol. The summed E-state index contributed by atoms with van der Waals surface area (Å²) in [6.07, 6.45) is 7.94. The number of hydrogen-bond donors (Lipinski definition) is 0. The number of aromatic nitrogens is 2. The zero-order valence-corrected chi connectivity index (χ0v) is 13.8. The first-order valence-electron chi connectivity index (χ1n) is 7.74. The number of amidine groups is 1. The Hall–Kier alpha value is -1.69. The monoisotopic (exact) mass is 318 g/mol. The van der Waals surface area contributed by atoms with Crippen molar-refractivity contribution < 1.29 is 4.42 Å². The number of aryl methyl sites for hydroxylation is 2. The van der Waals surface area contributed by atoms with Gasteiger partial charge in [-0.3, -0.25) is 4.99 Å². The van der Waals surface area contributed by atoms with Crippen molar-refractivity contribution in [3.63, 3.8) is 0 Å². The minimum atomic E-state index is 0.795. The van der Waals surface area contributed by atoms with Crippen LogP contribution in [0.15, 0.2) is 40.3 Å². The van der Waals surface area contributed by atoms with Crippen LogP contribution in [-0.4, -0.2) is 38.5 Å². The molecule has 3 rings (SSSR count). The van der Waals surface area contributed by atoms with Gasteiger partial charge in [0.05, 0.1) is 12.9 Å². The quantitative estimate of drug-likeness (QED) is 0.821. The van der Waals surface area contributed by atoms with Gasteiger partial charge in [-0.05, 0) is 31.9 Å². The lowest BCUT2D eigenvalue weighted by atomic mass is 10.3. The summed E-state index contributed by atoms with van der Waals surface area (Å²) in [5, 5.41) is 1.16. The third kappa shape index (κ3) is 4.16. The second kappa shape index (κ2) is 7.54. The van der Waals surface area contributed by atoms with Gasteiger partial charge in [-0.1, -0.05) is 11.8 Å². The molecule has 3 heterocycles. The van der Waals surface area contributed by atoms with Gasteiger partial charge in [0.1, 0.15) is 11.5 Å². The van der Waals surface area contributed by atoms with Crippen molar-refractivity contribution in [3.05, 3.63) is 42.4 Å². The fourth-order valence-corrected chi connectivity index (χ4v) is 3.48. The maximum Gasteiger partial charge on any atom is 0.159 e. The SMILES string of the molecule is Cc1ccc(CN(CCCn2ccnc2)C2=NCCCS2)o1. The lowest BCUT2D eigenvalue weighted by Crippen LogP contribution is -2.31. The topological polar surface area (TPSA) is 46.6 Å².